The number of allylic oxidation sites excluding steroid dienone is 1. The number of pyridine rings is 1. The van der Waals surface area contributed by atoms with Crippen molar-refractivity contribution in [3.8, 4) is 0 Å². The number of H-pyrrole nitrogens is 1. The molecule has 0 unspecified atom stereocenters. The zero-order valence-corrected chi connectivity index (χ0v) is 26.2. The van der Waals surface area contributed by atoms with Crippen LogP contribution in [0.1, 0.15) is 63.4 Å². The number of carbonyl (C=O) groups is 3. The number of nitrogens with one attached hydrogen (secondary N) is 1. The molecule has 0 bridgehead atoms. The van der Waals surface area contributed by atoms with E-state index in [9.17, 15) is 23.6 Å². The molecule has 4 rings (SSSR count). The van der Waals surface area contributed by atoms with Crippen molar-refractivity contribution in [1.29, 1.82) is 0 Å². The minimum Gasteiger partial charge on any atom is -0.438 e. The average Bonchev–Trinajstić information content (AvgIpc) is 3.62. The van der Waals surface area contributed by atoms with Gasteiger partial charge >= 0.3 is 6.09 Å². The summed E-state index contributed by atoms with van der Waals surface area (Å²) in [7, 11) is 3.04. The third-order valence-corrected chi connectivity index (χ3v) is 7.42. The molecular weight excluding hydrogens is 565 g/mol. The number of fused-ring (bicyclic) bond motifs is 1. The van der Waals surface area contributed by atoms with Crippen LogP contribution in [-0.2, 0) is 33.7 Å². The maximum atomic E-state index is 14.3. The molecule has 10 nitrogen and oxygen atoms in total. The van der Waals surface area contributed by atoms with E-state index in [1.165, 1.54) is 41.8 Å². The Labute approximate surface area is 256 Å². The Morgan fingerprint density at radius 3 is 2.57 bits per heavy atom. The number of ether oxygens (including phenoxy) is 1. The summed E-state index contributed by atoms with van der Waals surface area (Å²) < 4.78 is 21.2. The van der Waals surface area contributed by atoms with E-state index in [0.717, 1.165) is 31.5 Å². The number of hydrogen-bond donors (Lipinski definition) is 1. The predicted molar refractivity (Wildman–Crippen MR) is 166 cm³/mol. The summed E-state index contributed by atoms with van der Waals surface area (Å²) in [6, 6.07) is 6.14. The average molecular weight is 608 g/mol. The molecule has 0 saturated carbocycles. The maximum absolute atomic E-state index is 14.3. The lowest BCUT2D eigenvalue weighted by molar-refractivity contribution is -0.127. The number of halogens is 1. The number of benzene rings is 1. The van der Waals surface area contributed by atoms with Gasteiger partial charge in [-0.05, 0) is 67.4 Å². The minimum atomic E-state index is -1.09. The van der Waals surface area contributed by atoms with Crippen molar-refractivity contribution in [1.82, 2.24) is 24.3 Å². The molecule has 3 aromatic rings. The van der Waals surface area contributed by atoms with Crippen molar-refractivity contribution in [3.05, 3.63) is 75.7 Å². The van der Waals surface area contributed by atoms with Crippen LogP contribution < -0.4 is 5.56 Å². The lowest BCUT2D eigenvalue weighted by Crippen LogP contribution is -2.35. The number of aromatic nitrogens is 3. The minimum absolute atomic E-state index is 0.0690. The standard InChI is InChI=1S/C33H42FN5O5/c1-33(2,3)20-23-17-24(34)19-25-30(23)36-28(35-25)21-39-16-10-11-22(31(39)42)18-26(40)27(44-32(43)37(4)5)12-6-7-13-29(41)38-14-8-9-15-38/h7,10-11,13,16-17,19,27H,6,8-9,12,14-15,18,20-21H2,1-5H3,(H,35,36)/b13-7+/t27-/m0/s1. The molecular formula is C33H42FN5O5. The van der Waals surface area contributed by atoms with Crippen molar-refractivity contribution >= 4 is 28.8 Å². The molecule has 44 heavy (non-hydrogen) atoms. The summed E-state index contributed by atoms with van der Waals surface area (Å²) in [5, 5.41) is 0. The molecule has 1 atom stereocenters. The Hall–Kier alpha value is -4.28. The molecule has 11 heteroatoms. The fourth-order valence-corrected chi connectivity index (χ4v) is 5.28. The molecule has 1 aliphatic heterocycles. The summed E-state index contributed by atoms with van der Waals surface area (Å²) in [5.41, 5.74) is 1.81. The van der Waals surface area contributed by atoms with E-state index in [1.807, 2.05) is 0 Å². The van der Waals surface area contributed by atoms with E-state index in [-0.39, 0.29) is 47.6 Å². The van der Waals surface area contributed by atoms with Gasteiger partial charge in [0.2, 0.25) is 5.91 Å². The number of carbonyl (C=O) groups excluding carboxylic acids is 3. The van der Waals surface area contributed by atoms with Gasteiger partial charge in [0.15, 0.2) is 11.9 Å². The van der Waals surface area contributed by atoms with E-state index < -0.39 is 18.0 Å². The van der Waals surface area contributed by atoms with Crippen molar-refractivity contribution in [2.45, 2.75) is 71.9 Å². The number of likely N-dealkylation sites (tertiary alicyclic amines) is 1. The Morgan fingerprint density at radius 1 is 1.16 bits per heavy atom. The van der Waals surface area contributed by atoms with Crippen LogP contribution in [0.15, 0.2) is 47.4 Å². The highest BCUT2D eigenvalue weighted by Gasteiger charge is 2.25. The van der Waals surface area contributed by atoms with Crippen LogP contribution >= 0.6 is 0 Å². The highest BCUT2D eigenvalue weighted by atomic mass is 19.1. The molecule has 2 aromatic heterocycles. The van der Waals surface area contributed by atoms with Gasteiger partial charge in [-0.2, -0.15) is 0 Å². The molecule has 236 valence electrons. The topological polar surface area (TPSA) is 118 Å². The van der Waals surface area contributed by atoms with E-state index >= 15 is 0 Å². The van der Waals surface area contributed by atoms with E-state index in [0.29, 0.717) is 29.7 Å². The smallest absolute Gasteiger partial charge is 0.409 e. The fourth-order valence-electron chi connectivity index (χ4n) is 5.28. The summed E-state index contributed by atoms with van der Waals surface area (Å²) in [5.74, 6) is -0.358. The Morgan fingerprint density at radius 2 is 1.89 bits per heavy atom. The monoisotopic (exact) mass is 607 g/mol. The summed E-state index contributed by atoms with van der Waals surface area (Å²) in [6.45, 7) is 7.80. The van der Waals surface area contributed by atoms with Crippen molar-refractivity contribution in [2.75, 3.05) is 27.2 Å². The SMILES string of the molecule is CN(C)C(=O)O[C@@H](CC/C=C/C(=O)N1CCCC1)C(=O)Cc1cccn(Cc2nc3c(CC(C)(C)C)cc(F)cc3[nH]2)c1=O. The fraction of sp³-hybridized carbons (Fsp3) is 0.485. The number of hydrogen-bond acceptors (Lipinski definition) is 6. The summed E-state index contributed by atoms with van der Waals surface area (Å²) in [4.78, 5) is 62.1. The van der Waals surface area contributed by atoms with Crippen LogP contribution in [0.25, 0.3) is 11.0 Å². The van der Waals surface area contributed by atoms with Crippen LogP contribution in [0, 0.1) is 11.2 Å². The zero-order chi connectivity index (χ0) is 32.0. The first kappa shape index (κ1) is 32.6. The molecule has 1 aliphatic rings. The molecule has 2 amide bonds. The first-order valence-corrected chi connectivity index (χ1v) is 15.0. The molecule has 0 spiro atoms. The lowest BCUT2D eigenvalue weighted by atomic mass is 9.87. The predicted octanol–water partition coefficient (Wildman–Crippen LogP) is 4.64. The Balaban J connectivity index is 1.48. The van der Waals surface area contributed by atoms with Crippen LogP contribution in [0.4, 0.5) is 9.18 Å². The molecule has 0 aliphatic carbocycles. The normalized spacial score (nSPS) is 14.4. The maximum Gasteiger partial charge on any atom is 0.409 e. The Bertz CT molecular complexity index is 1590. The van der Waals surface area contributed by atoms with E-state index in [1.54, 1.807) is 29.3 Å². The molecule has 1 N–H and O–H groups in total. The van der Waals surface area contributed by atoms with Crippen molar-refractivity contribution in [3.63, 3.8) is 0 Å². The molecule has 1 aromatic carbocycles. The van der Waals surface area contributed by atoms with Gasteiger partial charge in [0.05, 0.1) is 17.6 Å². The largest absolute Gasteiger partial charge is 0.438 e. The van der Waals surface area contributed by atoms with Crippen LogP contribution in [-0.4, -0.2) is 75.4 Å². The number of imidazole rings is 1. The molecule has 1 saturated heterocycles. The second kappa shape index (κ2) is 14.0. The summed E-state index contributed by atoms with van der Waals surface area (Å²) in [6.07, 6.45) is 5.94. The Kier molecular flexibility index (Phi) is 10.4. The van der Waals surface area contributed by atoms with Crippen molar-refractivity contribution in [2.24, 2.45) is 5.41 Å². The molecule has 3 heterocycles. The van der Waals surface area contributed by atoms with E-state index in [4.69, 9.17) is 4.74 Å². The van der Waals surface area contributed by atoms with Crippen LogP contribution in [0.2, 0.25) is 0 Å². The first-order chi connectivity index (χ1) is 20.8. The first-order valence-electron chi connectivity index (χ1n) is 15.0. The van der Waals surface area contributed by atoms with Gasteiger partial charge in [-0.3, -0.25) is 14.4 Å². The third-order valence-electron chi connectivity index (χ3n) is 7.42. The number of nitrogens with zero attached hydrogens (tertiary/aromatic N) is 4. The lowest BCUT2D eigenvalue weighted by Gasteiger charge is -2.19. The second-order valence-electron chi connectivity index (χ2n) is 12.8. The van der Waals surface area contributed by atoms with Crippen LogP contribution in [0.5, 0.6) is 0 Å². The quantitative estimate of drug-likeness (QED) is 0.318. The highest BCUT2D eigenvalue weighted by molar-refractivity contribution is 5.88. The number of Topliss-reactive ketones (excluding diaryl/α,β-unsaturated/α-hetero) is 1. The molecule has 0 radical (unpaired) electrons. The zero-order valence-electron chi connectivity index (χ0n) is 26.2. The van der Waals surface area contributed by atoms with Gasteiger partial charge < -0.3 is 24.1 Å². The van der Waals surface area contributed by atoms with Gasteiger partial charge in [-0.15, -0.1) is 0 Å². The number of amides is 2. The van der Waals surface area contributed by atoms with Gasteiger partial charge in [0.25, 0.3) is 5.56 Å². The van der Waals surface area contributed by atoms with Gasteiger partial charge in [0.1, 0.15) is 11.6 Å². The van der Waals surface area contributed by atoms with Gasteiger partial charge in [-0.1, -0.05) is 32.9 Å². The third kappa shape index (κ3) is 8.64. The van der Waals surface area contributed by atoms with Gasteiger partial charge in [0, 0.05) is 45.4 Å². The molecule has 1 fully saturated rings. The second-order valence-corrected chi connectivity index (χ2v) is 12.8. The van der Waals surface area contributed by atoms with Gasteiger partial charge in [-0.25, -0.2) is 14.2 Å². The number of ketones is 1. The van der Waals surface area contributed by atoms with E-state index in [2.05, 4.69) is 30.7 Å². The highest BCUT2D eigenvalue weighted by Crippen LogP contribution is 2.27. The van der Waals surface area contributed by atoms with Crippen LogP contribution in [0.3, 0.4) is 0 Å². The van der Waals surface area contributed by atoms with Crippen molar-refractivity contribution < 1.29 is 23.5 Å². The number of rotatable bonds is 11. The summed E-state index contributed by atoms with van der Waals surface area (Å²) >= 11 is 0. The number of aromatic amines is 1.